The first kappa shape index (κ1) is 20.1. The number of nitro groups is 1. The van der Waals surface area contributed by atoms with Gasteiger partial charge < -0.3 is 14.5 Å². The second-order valence-electron chi connectivity index (χ2n) is 7.61. The molecule has 2 amide bonds. The summed E-state index contributed by atoms with van der Waals surface area (Å²) in [7, 11) is 0. The number of nitro benzene ring substituents is 1. The maximum absolute atomic E-state index is 13.5. The molecule has 158 valence electrons. The van der Waals surface area contributed by atoms with Gasteiger partial charge >= 0.3 is 0 Å². The van der Waals surface area contributed by atoms with Crippen LogP contribution in [0.1, 0.15) is 48.2 Å². The Morgan fingerprint density at radius 1 is 1.20 bits per heavy atom. The van der Waals surface area contributed by atoms with E-state index in [9.17, 15) is 19.7 Å². The van der Waals surface area contributed by atoms with Crippen LogP contribution in [0.25, 0.3) is 0 Å². The number of non-ortho nitro benzene ring substituents is 1. The summed E-state index contributed by atoms with van der Waals surface area (Å²) in [6, 6.07) is 8.25. The highest BCUT2D eigenvalue weighted by molar-refractivity contribution is 5.99. The Balaban J connectivity index is 1.61. The lowest BCUT2D eigenvalue weighted by Crippen LogP contribution is -2.56. The van der Waals surface area contributed by atoms with Gasteiger partial charge in [0, 0.05) is 17.7 Å². The van der Waals surface area contributed by atoms with Gasteiger partial charge in [0.15, 0.2) is 0 Å². The lowest BCUT2D eigenvalue weighted by molar-refractivity contribution is -0.384. The van der Waals surface area contributed by atoms with Gasteiger partial charge in [0.1, 0.15) is 17.5 Å². The topological polar surface area (TPSA) is 115 Å². The van der Waals surface area contributed by atoms with Gasteiger partial charge in [0.25, 0.3) is 11.6 Å². The van der Waals surface area contributed by atoms with Crippen molar-refractivity contribution in [3.8, 4) is 0 Å². The van der Waals surface area contributed by atoms with E-state index in [0.717, 1.165) is 19.3 Å². The molecule has 9 heteroatoms. The van der Waals surface area contributed by atoms with Crippen LogP contribution in [-0.4, -0.2) is 40.0 Å². The smallest absolute Gasteiger partial charge is 0.270 e. The summed E-state index contributed by atoms with van der Waals surface area (Å²) < 4.78 is 11.3. The van der Waals surface area contributed by atoms with E-state index in [1.165, 1.54) is 35.4 Å². The van der Waals surface area contributed by atoms with Crippen LogP contribution in [0.5, 0.6) is 0 Å². The van der Waals surface area contributed by atoms with E-state index in [2.05, 4.69) is 5.32 Å². The minimum atomic E-state index is -0.855. The Hall–Kier alpha value is -3.20. The summed E-state index contributed by atoms with van der Waals surface area (Å²) in [6.45, 7) is 0.291. The zero-order chi connectivity index (χ0) is 21.1. The zero-order valence-corrected chi connectivity index (χ0v) is 16.4. The van der Waals surface area contributed by atoms with Crippen LogP contribution >= 0.6 is 0 Å². The van der Waals surface area contributed by atoms with E-state index in [0.29, 0.717) is 18.6 Å². The molecule has 1 saturated carbocycles. The van der Waals surface area contributed by atoms with E-state index in [4.69, 9.17) is 9.15 Å². The highest BCUT2D eigenvalue weighted by Crippen LogP contribution is 2.41. The molecule has 1 aliphatic carbocycles. The van der Waals surface area contributed by atoms with E-state index in [1.807, 2.05) is 0 Å². The number of rotatable bonds is 5. The normalized spacial score (nSPS) is 20.3. The second kappa shape index (κ2) is 8.27. The van der Waals surface area contributed by atoms with Gasteiger partial charge in [0.05, 0.1) is 24.3 Å². The van der Waals surface area contributed by atoms with Crippen molar-refractivity contribution >= 4 is 17.5 Å². The molecule has 0 radical (unpaired) electrons. The van der Waals surface area contributed by atoms with E-state index < -0.39 is 22.6 Å². The monoisotopic (exact) mass is 413 g/mol. The van der Waals surface area contributed by atoms with Crippen LogP contribution < -0.4 is 5.32 Å². The number of furan rings is 1. The summed E-state index contributed by atoms with van der Waals surface area (Å²) in [5, 5.41) is 13.9. The summed E-state index contributed by atoms with van der Waals surface area (Å²) >= 11 is 0. The Morgan fingerprint density at radius 3 is 2.70 bits per heavy atom. The number of benzene rings is 1. The molecule has 1 aromatic heterocycles. The van der Waals surface area contributed by atoms with Crippen LogP contribution in [0, 0.1) is 10.1 Å². The predicted octanol–water partition coefficient (Wildman–Crippen LogP) is 3.01. The average Bonchev–Trinajstić information content (AvgIpc) is 3.40. The maximum Gasteiger partial charge on any atom is 0.270 e. The number of ether oxygens (including phenoxy) is 1. The average molecular weight is 413 g/mol. The summed E-state index contributed by atoms with van der Waals surface area (Å²) in [4.78, 5) is 38.5. The van der Waals surface area contributed by atoms with Crippen LogP contribution in [0.2, 0.25) is 0 Å². The molecule has 2 aliphatic rings. The third-order valence-electron chi connectivity index (χ3n) is 5.74. The van der Waals surface area contributed by atoms with Crippen molar-refractivity contribution < 1.29 is 23.7 Å². The maximum atomic E-state index is 13.5. The molecule has 1 spiro atoms. The molecule has 1 aliphatic heterocycles. The Morgan fingerprint density at radius 2 is 2.00 bits per heavy atom. The number of amides is 2. The van der Waals surface area contributed by atoms with E-state index in [1.54, 1.807) is 12.1 Å². The fraction of sp³-hybridized carbons (Fsp3) is 0.429. The molecular formula is C21H23N3O6. The van der Waals surface area contributed by atoms with Crippen molar-refractivity contribution in [2.45, 2.75) is 50.4 Å². The first-order valence-corrected chi connectivity index (χ1v) is 10.0. The van der Waals surface area contributed by atoms with Gasteiger partial charge in [0.2, 0.25) is 5.91 Å². The predicted molar refractivity (Wildman–Crippen MR) is 105 cm³/mol. The van der Waals surface area contributed by atoms with Crippen LogP contribution in [0.4, 0.5) is 5.69 Å². The summed E-state index contributed by atoms with van der Waals surface area (Å²) in [5.41, 5.74) is -0.854. The fourth-order valence-corrected chi connectivity index (χ4v) is 4.27. The first-order valence-electron chi connectivity index (χ1n) is 10.0. The third kappa shape index (κ3) is 3.80. The number of hydrogen-bond donors (Lipinski definition) is 1. The molecule has 1 aromatic carbocycles. The van der Waals surface area contributed by atoms with Gasteiger partial charge in [-0.1, -0.05) is 12.5 Å². The zero-order valence-electron chi connectivity index (χ0n) is 16.4. The SMILES string of the molecule is O=C(NCc1ccco1)[C@H]1COC2(CCCCC2)N1C(=O)c1cccc([N+](=O)[O-])c1. The van der Waals surface area contributed by atoms with Gasteiger partial charge in [-0.05, 0) is 43.9 Å². The Labute approximate surface area is 173 Å². The number of nitrogens with zero attached hydrogens (tertiary/aromatic N) is 2. The minimum absolute atomic E-state index is 0.0880. The standard InChI is InChI=1S/C21H23N3O6/c25-19(22-13-17-8-5-11-29-17)18-14-30-21(9-2-1-3-10-21)23(18)20(26)15-6-4-7-16(12-15)24(27)28/h4-8,11-12,18H,1-3,9-10,13-14H2,(H,22,25)/t18-/m1/s1. The molecule has 0 bridgehead atoms. The fourth-order valence-electron chi connectivity index (χ4n) is 4.27. The van der Waals surface area contributed by atoms with E-state index in [-0.39, 0.29) is 30.3 Å². The van der Waals surface area contributed by atoms with Crippen molar-refractivity contribution in [3.63, 3.8) is 0 Å². The van der Waals surface area contributed by atoms with Gasteiger partial charge in [-0.3, -0.25) is 24.6 Å². The van der Waals surface area contributed by atoms with Gasteiger partial charge in [-0.15, -0.1) is 0 Å². The highest BCUT2D eigenvalue weighted by Gasteiger charge is 2.53. The Bertz CT molecular complexity index is 936. The quantitative estimate of drug-likeness (QED) is 0.595. The lowest BCUT2D eigenvalue weighted by atomic mass is 9.89. The molecule has 1 atom stereocenters. The largest absolute Gasteiger partial charge is 0.467 e. The van der Waals surface area contributed by atoms with Crippen molar-refractivity contribution in [3.05, 3.63) is 64.1 Å². The number of nitrogens with one attached hydrogen (secondary N) is 1. The van der Waals surface area contributed by atoms with E-state index >= 15 is 0 Å². The molecule has 2 heterocycles. The van der Waals surface area contributed by atoms with Crippen LogP contribution in [0.15, 0.2) is 47.1 Å². The number of hydrogen-bond acceptors (Lipinski definition) is 6. The highest BCUT2D eigenvalue weighted by atomic mass is 16.6. The Kier molecular flexibility index (Phi) is 5.54. The van der Waals surface area contributed by atoms with Crippen LogP contribution in [-0.2, 0) is 16.1 Å². The van der Waals surface area contributed by atoms with Crippen molar-refractivity contribution in [1.29, 1.82) is 0 Å². The van der Waals surface area contributed by atoms with Gasteiger partial charge in [-0.25, -0.2) is 0 Å². The molecule has 4 rings (SSSR count). The van der Waals surface area contributed by atoms with Gasteiger partial charge in [-0.2, -0.15) is 0 Å². The van der Waals surface area contributed by atoms with Crippen molar-refractivity contribution in [2.24, 2.45) is 0 Å². The summed E-state index contributed by atoms with van der Waals surface area (Å²) in [5.74, 6) is -0.171. The first-order chi connectivity index (χ1) is 14.5. The summed E-state index contributed by atoms with van der Waals surface area (Å²) in [6.07, 6.45) is 5.61. The number of carbonyl (C=O) groups excluding carboxylic acids is 2. The third-order valence-corrected chi connectivity index (χ3v) is 5.74. The molecule has 2 aromatic rings. The van der Waals surface area contributed by atoms with Crippen molar-refractivity contribution in [2.75, 3.05) is 6.61 Å². The minimum Gasteiger partial charge on any atom is -0.467 e. The number of carbonyl (C=O) groups is 2. The molecular weight excluding hydrogens is 390 g/mol. The molecule has 30 heavy (non-hydrogen) atoms. The van der Waals surface area contributed by atoms with Crippen molar-refractivity contribution in [1.82, 2.24) is 10.2 Å². The molecule has 9 nitrogen and oxygen atoms in total. The van der Waals surface area contributed by atoms with Crippen LogP contribution in [0.3, 0.4) is 0 Å². The molecule has 1 N–H and O–H groups in total. The molecule has 1 saturated heterocycles. The second-order valence-corrected chi connectivity index (χ2v) is 7.61. The molecule has 2 fully saturated rings. The lowest BCUT2D eigenvalue weighted by Gasteiger charge is -2.41. The molecule has 0 unspecified atom stereocenters.